The number of aliphatic hydroxyl groups is 1. The second kappa shape index (κ2) is 9.72. The number of hydrogen-bond donors (Lipinski definition) is 1. The average Bonchev–Trinajstić information content (AvgIpc) is 3.56. The van der Waals surface area contributed by atoms with Crippen LogP contribution in [0.3, 0.4) is 0 Å². The van der Waals surface area contributed by atoms with Crippen molar-refractivity contribution in [1.82, 2.24) is 14.8 Å². The first kappa shape index (κ1) is 22.7. The monoisotopic (exact) mass is 485 g/mol. The van der Waals surface area contributed by atoms with Gasteiger partial charge in [0.2, 0.25) is 5.91 Å². The van der Waals surface area contributed by atoms with E-state index in [0.717, 1.165) is 68.0 Å². The van der Waals surface area contributed by atoms with Crippen LogP contribution in [0, 0.1) is 0 Å². The Balaban J connectivity index is 1.16. The Morgan fingerprint density at radius 1 is 1.15 bits per heavy atom. The lowest BCUT2D eigenvalue weighted by atomic mass is 9.91. The summed E-state index contributed by atoms with van der Waals surface area (Å²) < 4.78 is 12.2. The number of hydrogen-bond acceptors (Lipinski definition) is 7. The number of β-amino-alcohol motifs (C(OH)–C–C–N with tert-alkyl or cyclic N) is 1. The lowest BCUT2D eigenvalue weighted by Gasteiger charge is -2.38. The van der Waals surface area contributed by atoms with Crippen LogP contribution in [-0.4, -0.2) is 83.4 Å². The fourth-order valence-corrected chi connectivity index (χ4v) is 7.65. The maximum Gasteiger partial charge on any atom is 0.223 e. The Morgan fingerprint density at radius 3 is 2.74 bits per heavy atom. The number of rotatable bonds is 5. The van der Waals surface area contributed by atoms with Crippen molar-refractivity contribution in [2.24, 2.45) is 0 Å². The zero-order chi connectivity index (χ0) is 23.1. The molecule has 2 aromatic rings. The molecule has 0 spiro atoms. The summed E-state index contributed by atoms with van der Waals surface area (Å²) >= 11 is 1.77. The summed E-state index contributed by atoms with van der Waals surface area (Å²) in [7, 11) is 0. The standard InChI is InChI=1S/C26H35N3O4S/c30-19-8-10-29(16-19)23(31)15-17-1-6-22-24(17)25-21(7-9-27-26(25)34-22)33-20-4-2-18(3-5-20)28-11-13-32-14-12-28/h7,9,17-20,30H,1-6,8,10-16H2/t17-,18?,19-,20?/m1/s1. The molecule has 3 fully saturated rings. The highest BCUT2D eigenvalue weighted by Crippen LogP contribution is 2.48. The topological polar surface area (TPSA) is 75.1 Å². The number of aryl methyl sites for hydroxylation is 1. The third kappa shape index (κ3) is 4.45. The predicted molar refractivity (Wildman–Crippen MR) is 132 cm³/mol. The van der Waals surface area contributed by atoms with Crippen molar-refractivity contribution in [2.75, 3.05) is 39.4 Å². The van der Waals surface area contributed by atoms with Gasteiger partial charge < -0.3 is 19.5 Å². The molecule has 2 aromatic heterocycles. The highest BCUT2D eigenvalue weighted by atomic mass is 32.1. The number of nitrogens with zero attached hydrogens (tertiary/aromatic N) is 3. The van der Waals surface area contributed by atoms with Gasteiger partial charge in [0.15, 0.2) is 0 Å². The molecule has 1 amide bonds. The summed E-state index contributed by atoms with van der Waals surface area (Å²) in [4.78, 5) is 24.4. The molecule has 4 heterocycles. The van der Waals surface area contributed by atoms with Crippen LogP contribution in [-0.2, 0) is 16.0 Å². The Hall–Kier alpha value is -1.74. The number of morpholine rings is 1. The van der Waals surface area contributed by atoms with E-state index in [0.29, 0.717) is 32.0 Å². The van der Waals surface area contributed by atoms with Crippen LogP contribution in [0.5, 0.6) is 5.75 Å². The molecule has 1 N–H and O–H groups in total. The van der Waals surface area contributed by atoms with Crippen LogP contribution < -0.4 is 4.74 Å². The molecule has 8 heteroatoms. The molecule has 0 bridgehead atoms. The first-order chi connectivity index (χ1) is 16.7. The van der Waals surface area contributed by atoms with Gasteiger partial charge >= 0.3 is 0 Å². The molecule has 7 nitrogen and oxygen atoms in total. The van der Waals surface area contributed by atoms with Gasteiger partial charge in [0.05, 0.1) is 30.8 Å². The lowest BCUT2D eigenvalue weighted by molar-refractivity contribution is -0.130. The second-order valence-corrected chi connectivity index (χ2v) is 11.4. The van der Waals surface area contributed by atoms with Crippen LogP contribution in [0.2, 0.25) is 0 Å². The molecule has 0 unspecified atom stereocenters. The quantitative estimate of drug-likeness (QED) is 0.700. The summed E-state index contributed by atoms with van der Waals surface area (Å²) in [5.74, 6) is 1.34. The molecule has 2 aliphatic carbocycles. The average molecular weight is 486 g/mol. The van der Waals surface area contributed by atoms with Crippen molar-refractivity contribution in [1.29, 1.82) is 0 Å². The molecular formula is C26H35N3O4S. The third-order valence-corrected chi connectivity index (χ3v) is 9.41. The number of pyridine rings is 1. The number of aromatic nitrogens is 1. The van der Waals surface area contributed by atoms with Crippen LogP contribution in [0.25, 0.3) is 10.2 Å². The van der Waals surface area contributed by atoms with E-state index >= 15 is 0 Å². The molecule has 1 saturated carbocycles. The summed E-state index contributed by atoms with van der Waals surface area (Å²) in [6, 6.07) is 2.68. The Bertz CT molecular complexity index is 1030. The van der Waals surface area contributed by atoms with Crippen LogP contribution in [0.15, 0.2) is 12.3 Å². The number of aliphatic hydroxyl groups excluding tert-OH is 1. The Morgan fingerprint density at radius 2 is 1.97 bits per heavy atom. The van der Waals surface area contributed by atoms with Gasteiger partial charge in [-0.3, -0.25) is 9.69 Å². The number of carbonyl (C=O) groups is 1. The number of ether oxygens (including phenoxy) is 2. The molecule has 4 aliphatic rings. The number of thiophene rings is 1. The largest absolute Gasteiger partial charge is 0.490 e. The smallest absolute Gasteiger partial charge is 0.223 e. The van der Waals surface area contributed by atoms with E-state index in [9.17, 15) is 9.90 Å². The molecule has 2 aliphatic heterocycles. The molecular weight excluding hydrogens is 450 g/mol. The second-order valence-electron chi connectivity index (χ2n) is 10.3. The normalized spacial score (nSPS) is 30.1. The lowest BCUT2D eigenvalue weighted by Crippen LogP contribution is -2.46. The van der Waals surface area contributed by atoms with E-state index in [2.05, 4.69) is 9.88 Å². The van der Waals surface area contributed by atoms with Crippen LogP contribution in [0.1, 0.15) is 61.3 Å². The van der Waals surface area contributed by atoms with Gasteiger partial charge in [-0.2, -0.15) is 0 Å². The molecule has 2 atom stereocenters. The minimum Gasteiger partial charge on any atom is -0.490 e. The highest BCUT2D eigenvalue weighted by molar-refractivity contribution is 7.19. The summed E-state index contributed by atoms with van der Waals surface area (Å²) in [5, 5.41) is 11.0. The van der Waals surface area contributed by atoms with Crippen molar-refractivity contribution in [3.63, 3.8) is 0 Å². The van der Waals surface area contributed by atoms with Gasteiger partial charge in [0.25, 0.3) is 0 Å². The first-order valence-corrected chi connectivity index (χ1v) is 13.8. The van der Waals surface area contributed by atoms with E-state index in [4.69, 9.17) is 9.47 Å². The first-order valence-electron chi connectivity index (χ1n) is 13.0. The Kier molecular flexibility index (Phi) is 6.49. The van der Waals surface area contributed by atoms with Gasteiger partial charge in [-0.15, -0.1) is 11.3 Å². The van der Waals surface area contributed by atoms with Crippen molar-refractivity contribution >= 4 is 27.5 Å². The van der Waals surface area contributed by atoms with Crippen LogP contribution in [0.4, 0.5) is 0 Å². The van der Waals surface area contributed by atoms with Gasteiger partial charge in [-0.25, -0.2) is 4.98 Å². The van der Waals surface area contributed by atoms with E-state index < -0.39 is 0 Å². The fourth-order valence-electron chi connectivity index (χ4n) is 6.39. The number of likely N-dealkylation sites (tertiary alicyclic amines) is 1. The molecule has 2 saturated heterocycles. The summed E-state index contributed by atoms with van der Waals surface area (Å²) in [5.41, 5.74) is 1.30. The molecule has 6 rings (SSSR count). The number of carbonyl (C=O) groups excluding carboxylic acids is 1. The van der Waals surface area contributed by atoms with Gasteiger partial charge in [0, 0.05) is 49.7 Å². The Labute approximate surface area is 205 Å². The van der Waals surface area contributed by atoms with Crippen molar-refractivity contribution in [3.05, 3.63) is 22.7 Å². The molecule has 0 radical (unpaired) electrons. The number of fused-ring (bicyclic) bond motifs is 3. The van der Waals surface area contributed by atoms with E-state index in [-0.39, 0.29) is 24.0 Å². The van der Waals surface area contributed by atoms with Crippen molar-refractivity contribution in [3.8, 4) is 5.75 Å². The summed E-state index contributed by atoms with van der Waals surface area (Å²) in [6.07, 6.45) is 9.50. The molecule has 0 aromatic carbocycles. The van der Waals surface area contributed by atoms with Gasteiger partial charge in [-0.05, 0) is 62.5 Å². The summed E-state index contributed by atoms with van der Waals surface area (Å²) in [6.45, 7) is 4.98. The fraction of sp³-hybridized carbons (Fsp3) is 0.692. The third-order valence-electron chi connectivity index (χ3n) is 8.23. The zero-order valence-electron chi connectivity index (χ0n) is 19.8. The van der Waals surface area contributed by atoms with Crippen LogP contribution >= 0.6 is 11.3 Å². The van der Waals surface area contributed by atoms with Gasteiger partial charge in [-0.1, -0.05) is 0 Å². The van der Waals surface area contributed by atoms with E-state index in [1.807, 2.05) is 17.2 Å². The minimum atomic E-state index is -0.368. The van der Waals surface area contributed by atoms with Crippen molar-refractivity contribution < 1.29 is 19.4 Å². The highest BCUT2D eigenvalue weighted by Gasteiger charge is 2.34. The van der Waals surface area contributed by atoms with E-state index in [1.165, 1.54) is 23.3 Å². The minimum absolute atomic E-state index is 0.168. The zero-order valence-corrected chi connectivity index (χ0v) is 20.6. The maximum absolute atomic E-state index is 12.9. The SMILES string of the molecule is O=C(C[C@H]1CCc2sc3nccc(OC4CCC(N5CCOCC5)CC4)c3c21)N1CC[C@@H](O)C1. The predicted octanol–water partition coefficient (Wildman–Crippen LogP) is 3.33. The maximum atomic E-state index is 12.9. The number of amides is 1. The molecule has 184 valence electrons. The molecule has 34 heavy (non-hydrogen) atoms. The van der Waals surface area contributed by atoms with E-state index in [1.54, 1.807) is 11.3 Å². The van der Waals surface area contributed by atoms with Gasteiger partial charge in [0.1, 0.15) is 10.6 Å². The van der Waals surface area contributed by atoms with Crippen molar-refractivity contribution in [2.45, 2.75) is 75.5 Å².